The molecule has 0 saturated heterocycles. The summed E-state index contributed by atoms with van der Waals surface area (Å²) in [4.78, 5) is 9.62. The molecule has 0 saturated carbocycles. The second-order valence-electron chi connectivity index (χ2n) is 4.20. The van der Waals surface area contributed by atoms with E-state index in [0.717, 1.165) is 22.6 Å². The minimum atomic E-state index is 0.977. The monoisotopic (exact) mass is 281 g/mol. The average molecular weight is 281 g/mol. The fraction of sp³-hybridized carbons (Fsp3) is 0.538. The van der Waals surface area contributed by atoms with Crippen LogP contribution >= 0.6 is 23.1 Å². The molecule has 0 amide bonds. The van der Waals surface area contributed by atoms with Crippen molar-refractivity contribution in [3.8, 4) is 0 Å². The molecule has 5 heteroatoms. The lowest BCUT2D eigenvalue weighted by Gasteiger charge is -2.06. The van der Waals surface area contributed by atoms with Gasteiger partial charge in [-0.05, 0) is 36.3 Å². The molecule has 0 unspecified atom stereocenters. The maximum Gasteiger partial charge on any atom is 0.138 e. The van der Waals surface area contributed by atoms with Gasteiger partial charge >= 0.3 is 0 Å². The average Bonchev–Trinajstić information content (AvgIpc) is 2.86. The molecule has 0 aliphatic rings. The number of anilines is 1. The fourth-order valence-corrected chi connectivity index (χ4v) is 3.09. The van der Waals surface area contributed by atoms with Crippen molar-refractivity contribution < 1.29 is 0 Å². The van der Waals surface area contributed by atoms with Gasteiger partial charge in [0.15, 0.2) is 0 Å². The molecule has 1 N–H and O–H groups in total. The molecule has 0 aromatic carbocycles. The summed E-state index contributed by atoms with van der Waals surface area (Å²) in [6, 6.07) is 2.08. The van der Waals surface area contributed by atoms with E-state index >= 15 is 0 Å². The Labute approximate surface area is 116 Å². The summed E-state index contributed by atoms with van der Waals surface area (Å²) in [5.41, 5.74) is 0. The van der Waals surface area contributed by atoms with Gasteiger partial charge < -0.3 is 5.32 Å². The third kappa shape index (κ3) is 3.85. The van der Waals surface area contributed by atoms with Crippen molar-refractivity contribution in [2.45, 2.75) is 25.7 Å². The minimum absolute atomic E-state index is 0.977. The maximum atomic E-state index is 4.31. The summed E-state index contributed by atoms with van der Waals surface area (Å²) in [7, 11) is 0. The van der Waals surface area contributed by atoms with E-state index in [-0.39, 0.29) is 0 Å². The lowest BCUT2D eigenvalue weighted by molar-refractivity contribution is 0.688. The predicted molar refractivity (Wildman–Crippen MR) is 82.8 cm³/mol. The van der Waals surface area contributed by atoms with Crippen LogP contribution < -0.4 is 5.32 Å². The molecule has 0 spiro atoms. The molecule has 0 aliphatic heterocycles. The number of thioether (sulfide) groups is 1. The van der Waals surface area contributed by atoms with Gasteiger partial charge in [0.25, 0.3) is 0 Å². The Bertz CT molecular complexity index is 470. The summed E-state index contributed by atoms with van der Waals surface area (Å²) in [6.45, 7) is 1.00. The zero-order valence-electron chi connectivity index (χ0n) is 10.7. The number of nitrogens with zero attached hydrogens (tertiary/aromatic N) is 2. The molecule has 0 radical (unpaired) electrons. The highest BCUT2D eigenvalue weighted by molar-refractivity contribution is 7.98. The standard InChI is InChI=1S/C13H19N3S2/c1-17-8-5-3-2-4-7-14-12-11-6-9-18-13(11)16-10-15-12/h6,9-10H,2-5,7-8H2,1H3,(H,14,15,16). The zero-order chi connectivity index (χ0) is 12.6. The van der Waals surface area contributed by atoms with Crippen LogP contribution in [-0.2, 0) is 0 Å². The lowest BCUT2D eigenvalue weighted by Crippen LogP contribution is -2.03. The lowest BCUT2D eigenvalue weighted by atomic mass is 10.2. The number of aromatic nitrogens is 2. The second kappa shape index (κ2) is 7.59. The van der Waals surface area contributed by atoms with E-state index in [4.69, 9.17) is 0 Å². The van der Waals surface area contributed by atoms with Gasteiger partial charge in [-0.3, -0.25) is 0 Å². The molecule has 2 rings (SSSR count). The highest BCUT2D eigenvalue weighted by atomic mass is 32.2. The van der Waals surface area contributed by atoms with E-state index in [1.807, 2.05) is 11.8 Å². The van der Waals surface area contributed by atoms with Gasteiger partial charge in [-0.25, -0.2) is 9.97 Å². The molecule has 0 fully saturated rings. The molecule has 0 atom stereocenters. The van der Waals surface area contributed by atoms with Crippen LogP contribution in [0.15, 0.2) is 17.8 Å². The quantitative estimate of drug-likeness (QED) is 0.741. The van der Waals surface area contributed by atoms with Crippen molar-refractivity contribution in [2.24, 2.45) is 0 Å². The largest absolute Gasteiger partial charge is 0.369 e. The van der Waals surface area contributed by atoms with Crippen LogP contribution in [0.1, 0.15) is 25.7 Å². The predicted octanol–water partition coefficient (Wildman–Crippen LogP) is 4.03. The SMILES string of the molecule is CSCCCCCCNc1ncnc2sccc12. The van der Waals surface area contributed by atoms with Crippen LogP contribution in [0.5, 0.6) is 0 Å². The van der Waals surface area contributed by atoms with E-state index < -0.39 is 0 Å². The summed E-state index contributed by atoms with van der Waals surface area (Å²) in [5.74, 6) is 2.26. The molecule has 2 heterocycles. The van der Waals surface area contributed by atoms with Crippen molar-refractivity contribution in [1.29, 1.82) is 0 Å². The van der Waals surface area contributed by atoms with E-state index in [0.29, 0.717) is 0 Å². The van der Waals surface area contributed by atoms with Gasteiger partial charge in [0.05, 0.1) is 5.39 Å². The number of unbranched alkanes of at least 4 members (excludes halogenated alkanes) is 3. The van der Waals surface area contributed by atoms with Crippen LogP contribution in [0.25, 0.3) is 10.2 Å². The van der Waals surface area contributed by atoms with Crippen LogP contribution in [-0.4, -0.2) is 28.5 Å². The van der Waals surface area contributed by atoms with Crippen molar-refractivity contribution in [3.63, 3.8) is 0 Å². The Hall–Kier alpha value is -0.810. The van der Waals surface area contributed by atoms with Crippen LogP contribution in [0, 0.1) is 0 Å². The van der Waals surface area contributed by atoms with Gasteiger partial charge in [0.1, 0.15) is 17.0 Å². The Balaban J connectivity index is 1.72. The zero-order valence-corrected chi connectivity index (χ0v) is 12.3. The smallest absolute Gasteiger partial charge is 0.138 e. The van der Waals surface area contributed by atoms with E-state index in [1.165, 1.54) is 31.4 Å². The van der Waals surface area contributed by atoms with E-state index in [1.54, 1.807) is 17.7 Å². The van der Waals surface area contributed by atoms with Gasteiger partial charge in [-0.15, -0.1) is 11.3 Å². The maximum absolute atomic E-state index is 4.31. The van der Waals surface area contributed by atoms with Crippen LogP contribution in [0.3, 0.4) is 0 Å². The van der Waals surface area contributed by atoms with Gasteiger partial charge in [-0.1, -0.05) is 12.8 Å². The molecule has 18 heavy (non-hydrogen) atoms. The summed E-state index contributed by atoms with van der Waals surface area (Å²) < 4.78 is 0. The Morgan fingerprint density at radius 1 is 1.22 bits per heavy atom. The first-order chi connectivity index (χ1) is 8.92. The number of hydrogen-bond acceptors (Lipinski definition) is 5. The van der Waals surface area contributed by atoms with Gasteiger partial charge in [-0.2, -0.15) is 11.8 Å². The van der Waals surface area contributed by atoms with Crippen molar-refractivity contribution in [1.82, 2.24) is 9.97 Å². The number of hydrogen-bond donors (Lipinski definition) is 1. The van der Waals surface area contributed by atoms with E-state index in [2.05, 4.69) is 33.0 Å². The molecule has 3 nitrogen and oxygen atoms in total. The highest BCUT2D eigenvalue weighted by Crippen LogP contribution is 2.23. The molecular formula is C13H19N3S2. The highest BCUT2D eigenvalue weighted by Gasteiger charge is 2.03. The fourth-order valence-electron chi connectivity index (χ4n) is 1.86. The van der Waals surface area contributed by atoms with Gasteiger partial charge in [0, 0.05) is 6.54 Å². The molecule has 98 valence electrons. The van der Waals surface area contributed by atoms with Crippen molar-refractivity contribution in [2.75, 3.05) is 23.9 Å². The Kier molecular flexibility index (Phi) is 5.74. The summed E-state index contributed by atoms with van der Waals surface area (Å²) in [6.07, 6.45) is 8.99. The normalized spacial score (nSPS) is 10.9. The van der Waals surface area contributed by atoms with E-state index in [9.17, 15) is 0 Å². The first-order valence-electron chi connectivity index (χ1n) is 6.33. The van der Waals surface area contributed by atoms with Crippen LogP contribution in [0.2, 0.25) is 0 Å². The molecule has 2 aromatic rings. The third-order valence-electron chi connectivity index (χ3n) is 2.83. The number of nitrogens with one attached hydrogen (secondary N) is 1. The summed E-state index contributed by atoms with van der Waals surface area (Å²) in [5, 5.41) is 6.62. The minimum Gasteiger partial charge on any atom is -0.369 e. The van der Waals surface area contributed by atoms with Crippen molar-refractivity contribution in [3.05, 3.63) is 17.8 Å². The molecule has 2 aromatic heterocycles. The second-order valence-corrected chi connectivity index (χ2v) is 6.08. The molecule has 0 aliphatic carbocycles. The number of thiophene rings is 1. The Morgan fingerprint density at radius 3 is 3.00 bits per heavy atom. The van der Waals surface area contributed by atoms with Crippen molar-refractivity contribution >= 4 is 39.1 Å². The third-order valence-corrected chi connectivity index (χ3v) is 4.35. The first kappa shape index (κ1) is 13.6. The Morgan fingerprint density at radius 2 is 2.11 bits per heavy atom. The number of fused-ring (bicyclic) bond motifs is 1. The molecular weight excluding hydrogens is 262 g/mol. The van der Waals surface area contributed by atoms with Crippen LogP contribution in [0.4, 0.5) is 5.82 Å². The molecule has 0 bridgehead atoms. The summed E-state index contributed by atoms with van der Waals surface area (Å²) >= 11 is 3.59. The first-order valence-corrected chi connectivity index (χ1v) is 8.60. The number of rotatable bonds is 8. The topological polar surface area (TPSA) is 37.8 Å². The van der Waals surface area contributed by atoms with Gasteiger partial charge in [0.2, 0.25) is 0 Å².